The number of hydrogen-bond acceptors (Lipinski definition) is 4. The molecule has 1 aliphatic rings. The van der Waals surface area contributed by atoms with Crippen LogP contribution in [0.5, 0.6) is 0 Å². The summed E-state index contributed by atoms with van der Waals surface area (Å²) in [6.07, 6.45) is -0.316. The number of nitrogens with one attached hydrogen (secondary N) is 1. The van der Waals surface area contributed by atoms with Crippen LogP contribution in [0.15, 0.2) is 24.3 Å². The lowest BCUT2D eigenvalue weighted by molar-refractivity contribution is 0.0149. The van der Waals surface area contributed by atoms with Crippen molar-refractivity contribution in [1.82, 2.24) is 10.2 Å². The van der Waals surface area contributed by atoms with Crippen LogP contribution < -0.4 is 5.32 Å². The molecule has 2 rings (SSSR count). The predicted molar refractivity (Wildman–Crippen MR) is 76.2 cm³/mol. The summed E-state index contributed by atoms with van der Waals surface area (Å²) in [4.78, 5) is 2.25. The smallest absolute Gasteiger partial charge is 0.0791 e. The van der Waals surface area contributed by atoms with Crippen molar-refractivity contribution in [2.45, 2.75) is 19.6 Å². The van der Waals surface area contributed by atoms with Crippen molar-refractivity contribution in [2.24, 2.45) is 0 Å². The summed E-state index contributed by atoms with van der Waals surface area (Å²) in [5, 5.41) is 13.3. The molecular weight excluding hydrogens is 240 g/mol. The van der Waals surface area contributed by atoms with Crippen LogP contribution in [0, 0.1) is 6.92 Å². The Morgan fingerprint density at radius 1 is 1.26 bits per heavy atom. The summed E-state index contributed by atoms with van der Waals surface area (Å²) in [7, 11) is 0. The quantitative estimate of drug-likeness (QED) is 0.797. The molecule has 0 amide bonds. The van der Waals surface area contributed by atoms with Crippen molar-refractivity contribution >= 4 is 0 Å². The molecule has 4 heteroatoms. The average molecular weight is 264 g/mol. The Labute approximate surface area is 115 Å². The van der Waals surface area contributed by atoms with Gasteiger partial charge in [-0.2, -0.15) is 0 Å². The van der Waals surface area contributed by atoms with E-state index in [1.165, 1.54) is 11.1 Å². The summed E-state index contributed by atoms with van der Waals surface area (Å²) in [6.45, 7) is 7.66. The molecule has 19 heavy (non-hydrogen) atoms. The first-order valence-corrected chi connectivity index (χ1v) is 6.98. The van der Waals surface area contributed by atoms with Crippen LogP contribution in [0.25, 0.3) is 0 Å². The molecule has 1 saturated heterocycles. The minimum atomic E-state index is -0.316. The van der Waals surface area contributed by atoms with Crippen molar-refractivity contribution in [3.05, 3.63) is 35.4 Å². The fourth-order valence-corrected chi connectivity index (χ4v) is 2.24. The molecule has 1 heterocycles. The highest BCUT2D eigenvalue weighted by Gasteiger charge is 2.14. The number of aryl methyl sites for hydroxylation is 1. The Morgan fingerprint density at radius 3 is 2.63 bits per heavy atom. The van der Waals surface area contributed by atoms with Gasteiger partial charge in [0.15, 0.2) is 0 Å². The fourth-order valence-electron chi connectivity index (χ4n) is 2.24. The van der Waals surface area contributed by atoms with E-state index in [4.69, 9.17) is 4.74 Å². The SMILES string of the molecule is Cc1ccc(CNCC(O)CN2CCOCC2)cc1. The monoisotopic (exact) mass is 264 g/mol. The lowest BCUT2D eigenvalue weighted by Crippen LogP contribution is -2.43. The van der Waals surface area contributed by atoms with Gasteiger partial charge in [-0.1, -0.05) is 29.8 Å². The zero-order chi connectivity index (χ0) is 13.5. The molecule has 1 atom stereocenters. The first-order valence-electron chi connectivity index (χ1n) is 6.98. The Morgan fingerprint density at radius 2 is 1.95 bits per heavy atom. The van der Waals surface area contributed by atoms with Crippen molar-refractivity contribution in [1.29, 1.82) is 0 Å². The number of aliphatic hydroxyl groups excluding tert-OH is 1. The van der Waals surface area contributed by atoms with E-state index in [1.807, 2.05) is 0 Å². The molecule has 0 bridgehead atoms. The number of hydrogen-bond donors (Lipinski definition) is 2. The van der Waals surface area contributed by atoms with Crippen LogP contribution in [-0.2, 0) is 11.3 Å². The largest absolute Gasteiger partial charge is 0.390 e. The van der Waals surface area contributed by atoms with Crippen LogP contribution in [0.4, 0.5) is 0 Å². The first kappa shape index (κ1) is 14.5. The number of β-amino-alcohol motifs (C(OH)–C–C–N with tert-alkyl or cyclic N) is 1. The van der Waals surface area contributed by atoms with Crippen LogP contribution in [-0.4, -0.2) is 55.5 Å². The maximum atomic E-state index is 9.98. The first-order chi connectivity index (χ1) is 9.24. The minimum Gasteiger partial charge on any atom is -0.390 e. The molecule has 106 valence electrons. The van der Waals surface area contributed by atoms with E-state index >= 15 is 0 Å². The summed E-state index contributed by atoms with van der Waals surface area (Å²) in [6, 6.07) is 8.47. The van der Waals surface area contributed by atoms with E-state index in [0.717, 1.165) is 39.4 Å². The molecule has 0 saturated carbocycles. The lowest BCUT2D eigenvalue weighted by atomic mass is 10.1. The Bertz CT molecular complexity index is 361. The zero-order valence-corrected chi connectivity index (χ0v) is 11.6. The van der Waals surface area contributed by atoms with E-state index in [2.05, 4.69) is 41.4 Å². The summed E-state index contributed by atoms with van der Waals surface area (Å²) < 4.78 is 5.29. The van der Waals surface area contributed by atoms with E-state index in [9.17, 15) is 5.11 Å². The third-order valence-corrected chi connectivity index (χ3v) is 3.40. The maximum Gasteiger partial charge on any atom is 0.0791 e. The molecule has 0 radical (unpaired) electrons. The van der Waals surface area contributed by atoms with Gasteiger partial charge in [0.1, 0.15) is 0 Å². The molecule has 1 unspecified atom stereocenters. The highest BCUT2D eigenvalue weighted by Crippen LogP contribution is 2.03. The molecule has 2 N–H and O–H groups in total. The molecule has 1 aliphatic heterocycles. The summed E-state index contributed by atoms with van der Waals surface area (Å²) in [5.74, 6) is 0. The third kappa shape index (κ3) is 5.28. The molecular formula is C15H24N2O2. The zero-order valence-electron chi connectivity index (χ0n) is 11.6. The molecule has 1 aromatic carbocycles. The summed E-state index contributed by atoms with van der Waals surface area (Å²) >= 11 is 0. The Balaban J connectivity index is 1.63. The van der Waals surface area contributed by atoms with Gasteiger partial charge in [-0.3, -0.25) is 4.90 Å². The van der Waals surface area contributed by atoms with Gasteiger partial charge in [0, 0.05) is 32.7 Å². The van der Waals surface area contributed by atoms with Crippen molar-refractivity contribution in [3.8, 4) is 0 Å². The van der Waals surface area contributed by atoms with Gasteiger partial charge in [-0.15, -0.1) is 0 Å². The molecule has 0 aromatic heterocycles. The second-order valence-electron chi connectivity index (χ2n) is 5.18. The highest BCUT2D eigenvalue weighted by atomic mass is 16.5. The Hall–Kier alpha value is -0.940. The normalized spacial score (nSPS) is 18.4. The van der Waals surface area contributed by atoms with Gasteiger partial charge in [0.05, 0.1) is 19.3 Å². The third-order valence-electron chi connectivity index (χ3n) is 3.40. The molecule has 0 aliphatic carbocycles. The molecule has 4 nitrogen and oxygen atoms in total. The fraction of sp³-hybridized carbons (Fsp3) is 0.600. The van der Waals surface area contributed by atoms with Gasteiger partial charge < -0.3 is 15.2 Å². The number of ether oxygens (including phenoxy) is 1. The van der Waals surface area contributed by atoms with Crippen molar-refractivity contribution < 1.29 is 9.84 Å². The maximum absolute atomic E-state index is 9.98. The topological polar surface area (TPSA) is 44.7 Å². The average Bonchev–Trinajstić information content (AvgIpc) is 2.42. The van der Waals surface area contributed by atoms with E-state index in [1.54, 1.807) is 0 Å². The second kappa shape index (κ2) is 7.60. The number of rotatable bonds is 6. The number of nitrogens with zero attached hydrogens (tertiary/aromatic N) is 1. The van der Waals surface area contributed by atoms with Gasteiger partial charge in [0.2, 0.25) is 0 Å². The molecule has 0 spiro atoms. The van der Waals surface area contributed by atoms with E-state index in [-0.39, 0.29) is 6.10 Å². The van der Waals surface area contributed by atoms with Crippen LogP contribution in [0.3, 0.4) is 0 Å². The molecule has 1 aromatic rings. The van der Waals surface area contributed by atoms with Gasteiger partial charge in [0.25, 0.3) is 0 Å². The van der Waals surface area contributed by atoms with Gasteiger partial charge in [-0.05, 0) is 12.5 Å². The second-order valence-corrected chi connectivity index (χ2v) is 5.18. The van der Waals surface area contributed by atoms with Gasteiger partial charge >= 0.3 is 0 Å². The van der Waals surface area contributed by atoms with Gasteiger partial charge in [-0.25, -0.2) is 0 Å². The Kier molecular flexibility index (Phi) is 5.79. The minimum absolute atomic E-state index is 0.316. The number of benzene rings is 1. The standard InChI is InChI=1S/C15H24N2O2/c1-13-2-4-14(5-3-13)10-16-11-15(18)12-17-6-8-19-9-7-17/h2-5,15-16,18H,6-12H2,1H3. The van der Waals surface area contributed by atoms with Crippen LogP contribution >= 0.6 is 0 Å². The lowest BCUT2D eigenvalue weighted by Gasteiger charge is -2.28. The van der Waals surface area contributed by atoms with E-state index in [0.29, 0.717) is 6.54 Å². The number of morpholine rings is 1. The summed E-state index contributed by atoms with van der Waals surface area (Å²) in [5.41, 5.74) is 2.53. The van der Waals surface area contributed by atoms with E-state index < -0.39 is 0 Å². The molecule has 1 fully saturated rings. The van der Waals surface area contributed by atoms with Crippen molar-refractivity contribution in [3.63, 3.8) is 0 Å². The number of aliphatic hydroxyl groups is 1. The predicted octanol–water partition coefficient (Wildman–Crippen LogP) is 0.778. The van der Waals surface area contributed by atoms with Crippen molar-refractivity contribution in [2.75, 3.05) is 39.4 Å². The van der Waals surface area contributed by atoms with Crippen LogP contribution in [0.1, 0.15) is 11.1 Å². The van der Waals surface area contributed by atoms with Crippen LogP contribution in [0.2, 0.25) is 0 Å². The highest BCUT2D eigenvalue weighted by molar-refractivity contribution is 5.21.